The number of unbranched alkanes of at least 4 members (excludes halogenated alkanes) is 1. The fourth-order valence-electron chi connectivity index (χ4n) is 5.42. The number of ether oxygens (including phenoxy) is 3. The number of aryl methyl sites for hydroxylation is 1. The van der Waals surface area contributed by atoms with E-state index in [4.69, 9.17) is 42.4 Å². The summed E-state index contributed by atoms with van der Waals surface area (Å²) in [5, 5.41) is 13.4. The number of carbonyl (C=O) groups is 2. The molecule has 5 rings (SSSR count). The van der Waals surface area contributed by atoms with E-state index in [9.17, 15) is 14.7 Å². The summed E-state index contributed by atoms with van der Waals surface area (Å²) in [5.41, 5.74) is 3.23. The Kier molecular flexibility index (Phi) is 11.8. The van der Waals surface area contributed by atoms with E-state index >= 15 is 0 Å². The normalized spacial score (nSPS) is 11.5. The number of imidazole rings is 1. The molecule has 254 valence electrons. The van der Waals surface area contributed by atoms with E-state index in [0.717, 1.165) is 24.0 Å². The number of carboxylic acids is 1. The summed E-state index contributed by atoms with van der Waals surface area (Å²) < 4.78 is 18.9. The molecule has 1 amide bonds. The fraction of sp³-hybridized carbons (Fsp3) is 0.237. The number of carbonyl (C=O) groups excluding carboxylic acids is 1. The van der Waals surface area contributed by atoms with Gasteiger partial charge in [0, 0.05) is 28.9 Å². The molecule has 0 aliphatic rings. The van der Waals surface area contributed by atoms with E-state index in [1.807, 2.05) is 36.5 Å². The standard InChI is InChI=1S/C38H37Cl2N3O6/c1-4-5-18-43-23-34(31-16-10-27(39)22-32(31)40)42-37(43)33(41-36(44)21-26-20-30(47-2)15-17-35(26)48-3)19-24-6-11-28(12-7-24)49-29-13-8-25(9-14-29)38(45)46/h6-17,20,22-23,33H,4-5,18-19,21H2,1-3H3,(H,41,44)(H,45,46)/t33-/m0/s1. The van der Waals surface area contributed by atoms with Crippen LogP contribution in [0.25, 0.3) is 11.3 Å². The molecule has 1 heterocycles. The summed E-state index contributed by atoms with van der Waals surface area (Å²) in [6, 6.07) is 23.9. The van der Waals surface area contributed by atoms with Crippen molar-refractivity contribution in [3.8, 4) is 34.3 Å². The third kappa shape index (κ3) is 9.13. The second-order valence-corrected chi connectivity index (χ2v) is 12.3. The van der Waals surface area contributed by atoms with Crippen molar-refractivity contribution in [2.45, 2.75) is 45.2 Å². The van der Waals surface area contributed by atoms with E-state index < -0.39 is 12.0 Å². The zero-order valence-electron chi connectivity index (χ0n) is 27.4. The van der Waals surface area contributed by atoms with Gasteiger partial charge in [-0.1, -0.05) is 48.7 Å². The second kappa shape index (κ2) is 16.4. The van der Waals surface area contributed by atoms with Crippen LogP contribution in [0, 0.1) is 0 Å². The molecule has 2 N–H and O–H groups in total. The number of nitrogens with one attached hydrogen (secondary N) is 1. The number of methoxy groups -OCH3 is 2. The fourth-order valence-corrected chi connectivity index (χ4v) is 5.92. The summed E-state index contributed by atoms with van der Waals surface area (Å²) in [7, 11) is 3.14. The van der Waals surface area contributed by atoms with Crippen molar-refractivity contribution in [1.82, 2.24) is 14.9 Å². The lowest BCUT2D eigenvalue weighted by Crippen LogP contribution is -2.33. The van der Waals surface area contributed by atoms with Gasteiger partial charge in [0.1, 0.15) is 28.8 Å². The van der Waals surface area contributed by atoms with Crippen LogP contribution >= 0.6 is 23.2 Å². The third-order valence-corrected chi connectivity index (χ3v) is 8.50. The summed E-state index contributed by atoms with van der Waals surface area (Å²) in [6.45, 7) is 2.83. The smallest absolute Gasteiger partial charge is 0.335 e. The maximum atomic E-state index is 13.7. The number of aromatic nitrogens is 2. The highest BCUT2D eigenvalue weighted by Gasteiger charge is 2.24. The molecule has 0 saturated heterocycles. The molecule has 0 aliphatic carbocycles. The number of hydrogen-bond acceptors (Lipinski definition) is 6. The summed E-state index contributed by atoms with van der Waals surface area (Å²) in [5.74, 6) is 1.80. The zero-order chi connectivity index (χ0) is 34.9. The van der Waals surface area contributed by atoms with Gasteiger partial charge in [-0.2, -0.15) is 0 Å². The molecule has 0 bridgehead atoms. The summed E-state index contributed by atoms with van der Waals surface area (Å²) >= 11 is 12.8. The molecule has 0 saturated carbocycles. The van der Waals surface area contributed by atoms with Crippen LogP contribution in [0.15, 0.2) is 91.1 Å². The van der Waals surface area contributed by atoms with Crippen molar-refractivity contribution in [3.63, 3.8) is 0 Å². The van der Waals surface area contributed by atoms with Gasteiger partial charge in [0.25, 0.3) is 0 Å². The van der Waals surface area contributed by atoms with E-state index in [-0.39, 0.29) is 17.9 Å². The van der Waals surface area contributed by atoms with Crippen LogP contribution in [0.5, 0.6) is 23.0 Å². The van der Waals surface area contributed by atoms with Crippen LogP contribution in [0.4, 0.5) is 0 Å². The minimum absolute atomic E-state index is 0.0653. The van der Waals surface area contributed by atoms with Crippen molar-refractivity contribution >= 4 is 35.1 Å². The average Bonchev–Trinajstić information content (AvgIpc) is 3.51. The Bertz CT molecular complexity index is 1910. The molecule has 11 heteroatoms. The molecular weight excluding hydrogens is 665 g/mol. The minimum Gasteiger partial charge on any atom is -0.497 e. The molecule has 1 atom stereocenters. The Morgan fingerprint density at radius 2 is 1.59 bits per heavy atom. The Labute approximate surface area is 295 Å². The van der Waals surface area contributed by atoms with Crippen molar-refractivity contribution in [1.29, 1.82) is 0 Å². The highest BCUT2D eigenvalue weighted by Crippen LogP contribution is 2.32. The molecule has 0 spiro atoms. The first-order valence-corrected chi connectivity index (χ1v) is 16.6. The van der Waals surface area contributed by atoms with Gasteiger partial charge in [-0.05, 0) is 91.2 Å². The lowest BCUT2D eigenvalue weighted by atomic mass is 10.0. The zero-order valence-corrected chi connectivity index (χ0v) is 28.9. The van der Waals surface area contributed by atoms with Gasteiger partial charge in [0.05, 0.1) is 43.0 Å². The number of nitrogens with zero attached hydrogens (tertiary/aromatic N) is 2. The Hall–Kier alpha value is -4.99. The number of benzene rings is 4. The largest absolute Gasteiger partial charge is 0.497 e. The van der Waals surface area contributed by atoms with Gasteiger partial charge in [-0.3, -0.25) is 4.79 Å². The number of aromatic carboxylic acids is 1. The molecular formula is C38H37Cl2N3O6. The predicted molar refractivity (Wildman–Crippen MR) is 190 cm³/mol. The van der Waals surface area contributed by atoms with E-state index in [2.05, 4.69) is 16.8 Å². The van der Waals surface area contributed by atoms with Gasteiger partial charge in [-0.25, -0.2) is 9.78 Å². The van der Waals surface area contributed by atoms with Crippen molar-refractivity contribution in [3.05, 3.63) is 124 Å². The minimum atomic E-state index is -1.00. The molecule has 4 aromatic carbocycles. The van der Waals surface area contributed by atoms with E-state index in [0.29, 0.717) is 63.1 Å². The van der Waals surface area contributed by atoms with Gasteiger partial charge in [-0.15, -0.1) is 0 Å². The van der Waals surface area contributed by atoms with Gasteiger partial charge in [0.2, 0.25) is 5.91 Å². The van der Waals surface area contributed by atoms with Crippen LogP contribution in [-0.2, 0) is 24.2 Å². The monoisotopic (exact) mass is 701 g/mol. The first-order valence-electron chi connectivity index (χ1n) is 15.8. The maximum Gasteiger partial charge on any atom is 0.335 e. The quantitative estimate of drug-likeness (QED) is 0.112. The van der Waals surface area contributed by atoms with Crippen LogP contribution in [0.2, 0.25) is 10.0 Å². The van der Waals surface area contributed by atoms with Crippen LogP contribution in [-0.4, -0.2) is 40.8 Å². The number of hydrogen-bond donors (Lipinski definition) is 2. The van der Waals surface area contributed by atoms with E-state index in [1.165, 1.54) is 12.1 Å². The highest BCUT2D eigenvalue weighted by molar-refractivity contribution is 6.36. The molecule has 0 fully saturated rings. The SMILES string of the molecule is CCCCn1cc(-c2ccc(Cl)cc2Cl)nc1[C@H](Cc1ccc(Oc2ccc(C(=O)O)cc2)cc1)NC(=O)Cc1cc(OC)ccc1OC. The molecule has 0 aliphatic heterocycles. The number of halogens is 2. The molecule has 5 aromatic rings. The maximum absolute atomic E-state index is 13.7. The Morgan fingerprint density at radius 1 is 0.898 bits per heavy atom. The van der Waals surface area contributed by atoms with Crippen LogP contribution < -0.4 is 19.5 Å². The molecule has 9 nitrogen and oxygen atoms in total. The average molecular weight is 703 g/mol. The lowest BCUT2D eigenvalue weighted by molar-refractivity contribution is -0.121. The molecule has 0 unspecified atom stereocenters. The number of carboxylic acid groups (broad SMARTS) is 1. The third-order valence-electron chi connectivity index (χ3n) is 7.95. The number of rotatable bonds is 15. The van der Waals surface area contributed by atoms with Gasteiger partial charge in [0.15, 0.2) is 0 Å². The molecule has 1 aromatic heterocycles. The van der Waals surface area contributed by atoms with Crippen LogP contribution in [0.1, 0.15) is 53.1 Å². The van der Waals surface area contributed by atoms with Crippen molar-refractivity contribution < 1.29 is 28.9 Å². The Morgan fingerprint density at radius 3 is 2.22 bits per heavy atom. The van der Waals surface area contributed by atoms with Crippen molar-refractivity contribution in [2.24, 2.45) is 0 Å². The van der Waals surface area contributed by atoms with Gasteiger partial charge >= 0.3 is 5.97 Å². The Balaban J connectivity index is 1.46. The van der Waals surface area contributed by atoms with Gasteiger partial charge < -0.3 is 29.2 Å². The second-order valence-electron chi connectivity index (χ2n) is 11.4. The van der Waals surface area contributed by atoms with E-state index in [1.54, 1.807) is 56.7 Å². The molecule has 49 heavy (non-hydrogen) atoms. The summed E-state index contributed by atoms with van der Waals surface area (Å²) in [4.78, 5) is 30.0. The first kappa shape index (κ1) is 35.3. The first-order chi connectivity index (χ1) is 23.7. The van der Waals surface area contributed by atoms with Crippen LogP contribution in [0.3, 0.4) is 0 Å². The lowest BCUT2D eigenvalue weighted by Gasteiger charge is -2.21. The van der Waals surface area contributed by atoms with Crippen molar-refractivity contribution in [2.75, 3.05) is 14.2 Å². The summed E-state index contributed by atoms with van der Waals surface area (Å²) in [6.07, 6.45) is 4.36. The predicted octanol–water partition coefficient (Wildman–Crippen LogP) is 8.81. The molecule has 0 radical (unpaired) electrons. The number of amides is 1. The topological polar surface area (TPSA) is 112 Å². The highest BCUT2D eigenvalue weighted by atomic mass is 35.5.